The van der Waals surface area contributed by atoms with Crippen LogP contribution in [0.5, 0.6) is 0 Å². The summed E-state index contributed by atoms with van der Waals surface area (Å²) in [5.74, 6) is -0.0379. The van der Waals surface area contributed by atoms with Crippen LogP contribution < -0.4 is 5.32 Å². The lowest BCUT2D eigenvalue weighted by atomic mass is 10.3. The molecule has 0 aromatic carbocycles. The summed E-state index contributed by atoms with van der Waals surface area (Å²) in [6, 6.07) is 1.79. The zero-order valence-corrected chi connectivity index (χ0v) is 12.9. The quantitative estimate of drug-likeness (QED) is 0.797. The summed E-state index contributed by atoms with van der Waals surface area (Å²) >= 11 is 3.32. The predicted octanol–water partition coefficient (Wildman–Crippen LogP) is 1.14. The molecule has 2 heterocycles. The zero-order chi connectivity index (χ0) is 13.7. The van der Waals surface area contributed by atoms with E-state index >= 15 is 0 Å². The third-order valence-electron chi connectivity index (χ3n) is 3.42. The fourth-order valence-corrected chi connectivity index (χ4v) is 2.51. The van der Waals surface area contributed by atoms with E-state index in [4.69, 9.17) is 0 Å². The molecule has 0 saturated carbocycles. The Morgan fingerprint density at radius 1 is 1.42 bits per heavy atom. The van der Waals surface area contributed by atoms with Crippen molar-refractivity contribution >= 4 is 21.8 Å². The molecule has 0 radical (unpaired) electrons. The Hall–Kier alpha value is -0.850. The van der Waals surface area contributed by atoms with Crippen LogP contribution in [0.15, 0.2) is 16.7 Å². The van der Waals surface area contributed by atoms with Gasteiger partial charge in [0.1, 0.15) is 5.69 Å². The summed E-state index contributed by atoms with van der Waals surface area (Å²) < 4.78 is 0.898. The molecule has 1 aromatic heterocycles. The number of nitrogens with one attached hydrogen (secondary N) is 2. The summed E-state index contributed by atoms with van der Waals surface area (Å²) in [5, 5.41) is 2.93. The van der Waals surface area contributed by atoms with Crippen LogP contribution in [0.4, 0.5) is 0 Å². The number of rotatable bonds is 5. The molecule has 0 atom stereocenters. The third-order valence-corrected chi connectivity index (χ3v) is 3.88. The van der Waals surface area contributed by atoms with Gasteiger partial charge in [-0.05, 0) is 42.0 Å². The van der Waals surface area contributed by atoms with Gasteiger partial charge in [-0.2, -0.15) is 0 Å². The minimum Gasteiger partial charge on any atom is -0.356 e. The number of hydrogen-bond donors (Lipinski definition) is 2. The van der Waals surface area contributed by atoms with Gasteiger partial charge < -0.3 is 20.1 Å². The topological polar surface area (TPSA) is 51.4 Å². The first kappa shape index (κ1) is 14.6. The molecule has 19 heavy (non-hydrogen) atoms. The summed E-state index contributed by atoms with van der Waals surface area (Å²) in [5.41, 5.74) is 0.603. The van der Waals surface area contributed by atoms with Crippen LogP contribution in [0.3, 0.4) is 0 Å². The molecule has 1 aromatic rings. The Morgan fingerprint density at radius 2 is 2.16 bits per heavy atom. The highest BCUT2D eigenvalue weighted by Crippen LogP contribution is 2.10. The maximum absolute atomic E-state index is 11.8. The number of likely N-dealkylation sites (N-methyl/N-ethyl adjacent to an activating group) is 1. The van der Waals surface area contributed by atoms with Gasteiger partial charge in [0.25, 0.3) is 5.91 Å². The number of piperazine rings is 1. The van der Waals surface area contributed by atoms with Crippen LogP contribution >= 0.6 is 15.9 Å². The SMILES string of the molecule is CN1CCN(CCCNC(=O)c2cc(Br)c[nH]2)CC1. The predicted molar refractivity (Wildman–Crippen MR) is 79.4 cm³/mol. The second-order valence-corrected chi connectivity index (χ2v) is 5.90. The smallest absolute Gasteiger partial charge is 0.267 e. The van der Waals surface area contributed by atoms with E-state index in [1.807, 2.05) is 0 Å². The molecular weight excluding hydrogens is 308 g/mol. The average molecular weight is 329 g/mol. The highest BCUT2D eigenvalue weighted by atomic mass is 79.9. The molecule has 1 aliphatic rings. The van der Waals surface area contributed by atoms with Gasteiger partial charge in [0.05, 0.1) is 0 Å². The van der Waals surface area contributed by atoms with Crippen molar-refractivity contribution in [3.05, 3.63) is 22.4 Å². The van der Waals surface area contributed by atoms with Crippen molar-refractivity contribution in [2.24, 2.45) is 0 Å². The Bertz CT molecular complexity index is 413. The first-order valence-corrected chi connectivity index (χ1v) is 7.47. The molecule has 0 aliphatic carbocycles. The van der Waals surface area contributed by atoms with Gasteiger partial charge in [0, 0.05) is 43.4 Å². The van der Waals surface area contributed by atoms with Crippen LogP contribution in [0.25, 0.3) is 0 Å². The molecule has 2 N–H and O–H groups in total. The minimum atomic E-state index is -0.0379. The molecule has 0 spiro atoms. The number of amides is 1. The zero-order valence-electron chi connectivity index (χ0n) is 11.3. The van der Waals surface area contributed by atoms with Crippen LogP contribution in [0.1, 0.15) is 16.9 Å². The third kappa shape index (κ3) is 4.63. The monoisotopic (exact) mass is 328 g/mol. The van der Waals surface area contributed by atoms with Crippen molar-refractivity contribution in [2.45, 2.75) is 6.42 Å². The summed E-state index contributed by atoms with van der Waals surface area (Å²) in [7, 11) is 2.16. The van der Waals surface area contributed by atoms with Crippen molar-refractivity contribution in [2.75, 3.05) is 46.3 Å². The number of nitrogens with zero attached hydrogens (tertiary/aromatic N) is 2. The van der Waals surface area contributed by atoms with E-state index < -0.39 is 0 Å². The summed E-state index contributed by atoms with van der Waals surface area (Å²) in [6.45, 7) is 6.33. The largest absolute Gasteiger partial charge is 0.356 e. The van der Waals surface area contributed by atoms with Crippen LogP contribution in [-0.2, 0) is 0 Å². The average Bonchev–Trinajstić information content (AvgIpc) is 2.83. The summed E-state index contributed by atoms with van der Waals surface area (Å²) in [6.07, 6.45) is 2.76. The number of hydrogen-bond acceptors (Lipinski definition) is 3. The lowest BCUT2D eigenvalue weighted by molar-refractivity contribution is 0.0945. The Balaban J connectivity index is 1.60. The first-order chi connectivity index (χ1) is 9.15. The Labute approximate surface area is 122 Å². The minimum absolute atomic E-state index is 0.0379. The number of carbonyl (C=O) groups excluding carboxylic acids is 1. The normalized spacial score (nSPS) is 17.6. The number of halogens is 1. The number of aromatic nitrogens is 1. The lowest BCUT2D eigenvalue weighted by Gasteiger charge is -2.32. The first-order valence-electron chi connectivity index (χ1n) is 6.68. The second kappa shape index (κ2) is 7.07. The highest BCUT2D eigenvalue weighted by Gasteiger charge is 2.13. The molecule has 2 rings (SSSR count). The summed E-state index contributed by atoms with van der Waals surface area (Å²) in [4.78, 5) is 19.5. The van der Waals surface area contributed by atoms with Crippen molar-refractivity contribution in [3.63, 3.8) is 0 Å². The molecule has 106 valence electrons. The molecule has 6 heteroatoms. The van der Waals surface area contributed by atoms with E-state index in [9.17, 15) is 4.79 Å². The van der Waals surface area contributed by atoms with Crippen LogP contribution in [0.2, 0.25) is 0 Å². The van der Waals surface area contributed by atoms with Crippen molar-refractivity contribution in [1.29, 1.82) is 0 Å². The van der Waals surface area contributed by atoms with E-state index in [2.05, 4.69) is 43.1 Å². The Morgan fingerprint density at radius 3 is 2.79 bits per heavy atom. The number of H-pyrrole nitrogens is 1. The molecule has 5 nitrogen and oxygen atoms in total. The molecular formula is C13H21BrN4O. The van der Waals surface area contributed by atoms with E-state index in [1.165, 1.54) is 0 Å². The molecule has 0 bridgehead atoms. The van der Waals surface area contributed by atoms with Gasteiger partial charge in [-0.3, -0.25) is 4.79 Å². The number of aromatic amines is 1. The van der Waals surface area contributed by atoms with Crippen LogP contribution in [-0.4, -0.2) is 67.0 Å². The molecule has 1 amide bonds. The van der Waals surface area contributed by atoms with Crippen molar-refractivity contribution in [3.8, 4) is 0 Å². The van der Waals surface area contributed by atoms with E-state index in [1.54, 1.807) is 12.3 Å². The van der Waals surface area contributed by atoms with Gasteiger partial charge >= 0.3 is 0 Å². The van der Waals surface area contributed by atoms with Gasteiger partial charge in [0.2, 0.25) is 0 Å². The van der Waals surface area contributed by atoms with Gasteiger partial charge in [0.15, 0.2) is 0 Å². The van der Waals surface area contributed by atoms with Crippen molar-refractivity contribution < 1.29 is 4.79 Å². The molecule has 1 fully saturated rings. The second-order valence-electron chi connectivity index (χ2n) is 4.99. The maximum atomic E-state index is 11.8. The van der Waals surface area contributed by atoms with E-state index in [0.29, 0.717) is 5.69 Å². The fourth-order valence-electron chi connectivity index (χ4n) is 2.17. The number of carbonyl (C=O) groups is 1. The maximum Gasteiger partial charge on any atom is 0.267 e. The fraction of sp³-hybridized carbons (Fsp3) is 0.615. The van der Waals surface area contributed by atoms with E-state index in [0.717, 1.165) is 50.2 Å². The highest BCUT2D eigenvalue weighted by molar-refractivity contribution is 9.10. The molecule has 0 unspecified atom stereocenters. The van der Waals surface area contributed by atoms with Crippen LogP contribution in [0, 0.1) is 0 Å². The Kier molecular flexibility index (Phi) is 5.42. The van der Waals surface area contributed by atoms with Crippen molar-refractivity contribution in [1.82, 2.24) is 20.1 Å². The van der Waals surface area contributed by atoms with Gasteiger partial charge in [-0.25, -0.2) is 0 Å². The molecule has 1 saturated heterocycles. The standard InChI is InChI=1S/C13H21BrN4O/c1-17-5-7-18(8-6-17)4-2-3-15-13(19)12-9-11(14)10-16-12/h9-10,16H,2-8H2,1H3,(H,15,19). The van der Waals surface area contributed by atoms with E-state index in [-0.39, 0.29) is 5.91 Å². The van der Waals surface area contributed by atoms with Gasteiger partial charge in [-0.1, -0.05) is 0 Å². The lowest BCUT2D eigenvalue weighted by Crippen LogP contribution is -2.45. The molecule has 1 aliphatic heterocycles. The van der Waals surface area contributed by atoms with Gasteiger partial charge in [-0.15, -0.1) is 0 Å².